The summed E-state index contributed by atoms with van der Waals surface area (Å²) in [5.41, 5.74) is 0.942. The molecule has 4 rings (SSSR count). The predicted octanol–water partition coefficient (Wildman–Crippen LogP) is 3.74. The average Bonchev–Trinajstić information content (AvgIpc) is 3.43. The summed E-state index contributed by atoms with van der Waals surface area (Å²) >= 11 is 6.39. The lowest BCUT2D eigenvalue weighted by atomic mass is 10.1. The Morgan fingerprint density at radius 1 is 1.08 bits per heavy atom. The van der Waals surface area contributed by atoms with Crippen molar-refractivity contribution in [1.29, 1.82) is 0 Å². The van der Waals surface area contributed by atoms with Crippen molar-refractivity contribution in [3.63, 3.8) is 0 Å². The number of carbonyl (C=O) groups is 2. The zero-order chi connectivity index (χ0) is 27.3. The second-order valence-corrected chi connectivity index (χ2v) is 12.1. The molecule has 2 aliphatic rings. The molecular weight excluding hydrogens is 530 g/mol. The Hall–Kier alpha value is -2.98. The molecule has 11 heteroatoms. The topological polar surface area (TPSA) is 105 Å². The molecule has 1 atom stereocenters. The number of carbonyl (C=O) groups excluding carboxylic acids is 2. The summed E-state index contributed by atoms with van der Waals surface area (Å²) in [6.07, 6.45) is 3.93. The SMILES string of the molecule is CCS(=O)(=O)N(CC(=O)N(Cc1ccccc1Cl)[C@@H](C)C(=O)NC1CCCC1)c1ccc2c(c1)OCCO2. The third kappa shape index (κ3) is 6.53. The smallest absolute Gasteiger partial charge is 0.244 e. The number of fused-ring (bicyclic) bond motifs is 1. The van der Waals surface area contributed by atoms with Crippen LogP contribution in [-0.2, 0) is 26.2 Å². The Morgan fingerprint density at radius 3 is 2.45 bits per heavy atom. The van der Waals surface area contributed by atoms with Crippen molar-refractivity contribution in [2.24, 2.45) is 0 Å². The standard InChI is InChI=1S/C27H34ClN3O6S/c1-3-38(34,35)31(22-12-13-24-25(16-22)37-15-14-36-24)18-26(32)30(17-20-8-4-7-11-23(20)28)19(2)27(33)29-21-9-5-6-10-21/h4,7-8,11-13,16,19,21H,3,5-6,9-10,14-15,17-18H2,1-2H3,(H,29,33)/t19-/m0/s1. The van der Waals surface area contributed by atoms with Gasteiger partial charge in [-0.15, -0.1) is 0 Å². The fourth-order valence-corrected chi connectivity index (χ4v) is 5.94. The van der Waals surface area contributed by atoms with E-state index >= 15 is 0 Å². The van der Waals surface area contributed by atoms with Gasteiger partial charge in [0.2, 0.25) is 21.8 Å². The highest BCUT2D eigenvalue weighted by Crippen LogP contribution is 2.35. The second-order valence-electron chi connectivity index (χ2n) is 9.51. The van der Waals surface area contributed by atoms with Crippen molar-refractivity contribution < 1.29 is 27.5 Å². The van der Waals surface area contributed by atoms with E-state index in [4.69, 9.17) is 21.1 Å². The zero-order valence-electron chi connectivity index (χ0n) is 21.7. The molecule has 0 unspecified atom stereocenters. The van der Waals surface area contributed by atoms with E-state index in [1.807, 2.05) is 0 Å². The van der Waals surface area contributed by atoms with E-state index in [9.17, 15) is 18.0 Å². The number of ether oxygens (including phenoxy) is 2. The Balaban J connectivity index is 1.63. The molecule has 0 spiro atoms. The summed E-state index contributed by atoms with van der Waals surface area (Å²) in [6.45, 7) is 3.49. The number of benzene rings is 2. The summed E-state index contributed by atoms with van der Waals surface area (Å²) in [7, 11) is -3.85. The molecule has 206 valence electrons. The maximum atomic E-state index is 13.8. The van der Waals surface area contributed by atoms with Gasteiger partial charge in [-0.05, 0) is 50.5 Å². The van der Waals surface area contributed by atoms with Crippen LogP contribution in [0.2, 0.25) is 5.02 Å². The van der Waals surface area contributed by atoms with Crippen molar-refractivity contribution in [3.8, 4) is 11.5 Å². The number of sulfonamides is 1. The van der Waals surface area contributed by atoms with E-state index in [1.54, 1.807) is 49.4 Å². The van der Waals surface area contributed by atoms with Crippen molar-refractivity contribution >= 4 is 39.1 Å². The number of halogens is 1. The lowest BCUT2D eigenvalue weighted by Crippen LogP contribution is -2.52. The van der Waals surface area contributed by atoms with Crippen LogP contribution >= 0.6 is 11.6 Å². The Kier molecular flexibility index (Phi) is 9.04. The van der Waals surface area contributed by atoms with Crippen LogP contribution < -0.4 is 19.1 Å². The van der Waals surface area contributed by atoms with Gasteiger partial charge in [0, 0.05) is 23.7 Å². The normalized spacial score (nSPS) is 16.1. The fraction of sp³-hybridized carbons (Fsp3) is 0.481. The van der Waals surface area contributed by atoms with Gasteiger partial charge >= 0.3 is 0 Å². The van der Waals surface area contributed by atoms with E-state index in [0.717, 1.165) is 30.0 Å². The predicted molar refractivity (Wildman–Crippen MR) is 146 cm³/mol. The van der Waals surface area contributed by atoms with E-state index in [1.165, 1.54) is 11.8 Å². The molecule has 2 aromatic carbocycles. The van der Waals surface area contributed by atoms with E-state index in [-0.39, 0.29) is 29.9 Å². The minimum atomic E-state index is -3.85. The molecule has 2 aromatic rings. The number of hydrogen-bond acceptors (Lipinski definition) is 6. The fourth-order valence-electron chi connectivity index (χ4n) is 4.69. The van der Waals surface area contributed by atoms with Gasteiger partial charge < -0.3 is 19.7 Å². The summed E-state index contributed by atoms with van der Waals surface area (Å²) in [6, 6.07) is 11.1. The highest BCUT2D eigenvalue weighted by Gasteiger charge is 2.33. The van der Waals surface area contributed by atoms with Gasteiger partial charge in [0.1, 0.15) is 25.8 Å². The van der Waals surface area contributed by atoms with Gasteiger partial charge in [0.25, 0.3) is 0 Å². The number of nitrogens with one attached hydrogen (secondary N) is 1. The van der Waals surface area contributed by atoms with Crippen LogP contribution in [-0.4, -0.2) is 62.7 Å². The van der Waals surface area contributed by atoms with Crippen LogP contribution in [0.25, 0.3) is 0 Å². The monoisotopic (exact) mass is 563 g/mol. The second kappa shape index (κ2) is 12.3. The van der Waals surface area contributed by atoms with Crippen molar-refractivity contribution in [3.05, 3.63) is 53.1 Å². The molecule has 1 N–H and O–H groups in total. The third-order valence-electron chi connectivity index (χ3n) is 6.96. The lowest BCUT2D eigenvalue weighted by Gasteiger charge is -2.32. The number of anilines is 1. The minimum Gasteiger partial charge on any atom is -0.486 e. The van der Waals surface area contributed by atoms with Crippen molar-refractivity contribution in [2.45, 2.75) is 58.2 Å². The molecule has 1 aliphatic carbocycles. The van der Waals surface area contributed by atoms with Crippen molar-refractivity contribution in [1.82, 2.24) is 10.2 Å². The quantitative estimate of drug-likeness (QED) is 0.472. The van der Waals surface area contributed by atoms with Crippen LogP contribution in [0.5, 0.6) is 11.5 Å². The molecule has 0 saturated heterocycles. The largest absolute Gasteiger partial charge is 0.486 e. The van der Waals surface area contributed by atoms with Crippen LogP contribution in [0.3, 0.4) is 0 Å². The first-order valence-corrected chi connectivity index (χ1v) is 14.9. The molecule has 9 nitrogen and oxygen atoms in total. The Labute approximate surface area is 229 Å². The summed E-state index contributed by atoms with van der Waals surface area (Å²) in [4.78, 5) is 28.4. The highest BCUT2D eigenvalue weighted by molar-refractivity contribution is 7.92. The molecule has 1 fully saturated rings. The van der Waals surface area contributed by atoms with E-state index in [2.05, 4.69) is 5.32 Å². The lowest BCUT2D eigenvalue weighted by molar-refractivity contribution is -0.139. The van der Waals surface area contributed by atoms with Crippen LogP contribution in [0.1, 0.15) is 45.1 Å². The first kappa shape index (κ1) is 28.0. The van der Waals surface area contributed by atoms with Crippen LogP contribution in [0.4, 0.5) is 5.69 Å². The molecule has 0 bridgehead atoms. The van der Waals surface area contributed by atoms with E-state index in [0.29, 0.717) is 35.3 Å². The number of nitrogens with zero attached hydrogens (tertiary/aromatic N) is 2. The molecular formula is C27H34ClN3O6S. The Bertz CT molecular complexity index is 1270. The maximum absolute atomic E-state index is 13.8. The summed E-state index contributed by atoms with van der Waals surface area (Å²) < 4.78 is 38.6. The maximum Gasteiger partial charge on any atom is 0.244 e. The highest BCUT2D eigenvalue weighted by atomic mass is 35.5. The molecule has 1 heterocycles. The van der Waals surface area contributed by atoms with Gasteiger partial charge in [-0.1, -0.05) is 42.6 Å². The van der Waals surface area contributed by atoms with Gasteiger partial charge in [0.15, 0.2) is 11.5 Å². The molecule has 0 radical (unpaired) electrons. The number of amides is 2. The van der Waals surface area contributed by atoms with Gasteiger partial charge in [-0.2, -0.15) is 0 Å². The average molecular weight is 564 g/mol. The first-order valence-electron chi connectivity index (χ1n) is 12.9. The molecule has 38 heavy (non-hydrogen) atoms. The Morgan fingerprint density at radius 2 is 1.76 bits per heavy atom. The molecule has 2 amide bonds. The summed E-state index contributed by atoms with van der Waals surface area (Å²) in [5.74, 6) is -0.0864. The van der Waals surface area contributed by atoms with Crippen LogP contribution in [0.15, 0.2) is 42.5 Å². The van der Waals surface area contributed by atoms with Crippen LogP contribution in [0, 0.1) is 0 Å². The van der Waals surface area contributed by atoms with Crippen molar-refractivity contribution in [2.75, 3.05) is 29.8 Å². The molecule has 1 saturated carbocycles. The minimum absolute atomic E-state index is 0.0545. The number of hydrogen-bond donors (Lipinski definition) is 1. The first-order chi connectivity index (χ1) is 18.2. The van der Waals surface area contributed by atoms with E-state index < -0.39 is 28.5 Å². The van der Waals surface area contributed by atoms with Gasteiger partial charge in [0.05, 0.1) is 11.4 Å². The molecule has 1 aliphatic heterocycles. The third-order valence-corrected chi connectivity index (χ3v) is 9.07. The molecule has 0 aromatic heterocycles. The summed E-state index contributed by atoms with van der Waals surface area (Å²) in [5, 5.41) is 3.50. The van der Waals surface area contributed by atoms with Gasteiger partial charge in [-0.25, -0.2) is 8.42 Å². The zero-order valence-corrected chi connectivity index (χ0v) is 23.3. The number of rotatable bonds is 10. The van der Waals surface area contributed by atoms with Gasteiger partial charge in [-0.3, -0.25) is 13.9 Å².